The van der Waals surface area contributed by atoms with Crippen molar-refractivity contribution >= 4 is 69.6 Å². The molecule has 1 unspecified atom stereocenters. The molecule has 0 radical (unpaired) electrons. The van der Waals surface area contributed by atoms with Crippen molar-refractivity contribution in [3.8, 4) is 0 Å². The van der Waals surface area contributed by atoms with Crippen molar-refractivity contribution in [1.82, 2.24) is 0 Å². The maximum absolute atomic E-state index is 15.2. The summed E-state index contributed by atoms with van der Waals surface area (Å²) in [6, 6.07) is 4.19. The van der Waals surface area contributed by atoms with E-state index in [2.05, 4.69) is 10.1 Å². The van der Waals surface area contributed by atoms with Crippen LogP contribution in [0.25, 0.3) is 0 Å². The highest BCUT2D eigenvalue weighted by Gasteiger charge is 2.67. The molecule has 1 aliphatic rings. The number of carbonyl (C=O) groups excluding carboxylic acids is 3. The topological polar surface area (TPSA) is 96.5 Å². The van der Waals surface area contributed by atoms with Crippen LogP contribution in [0.5, 0.6) is 0 Å². The number of ether oxygens (including phenoxy) is 1. The lowest BCUT2D eigenvalue weighted by Crippen LogP contribution is -2.47. The minimum atomic E-state index is -6.28. The summed E-state index contributed by atoms with van der Waals surface area (Å²) >= 11 is 18.3. The van der Waals surface area contributed by atoms with E-state index in [0.717, 1.165) is 25.1 Å². The molecule has 3 rings (SSSR count). The Morgan fingerprint density at radius 1 is 0.887 bits per heavy atom. The number of benzene rings is 2. The van der Waals surface area contributed by atoms with E-state index in [1.54, 1.807) is 0 Å². The Labute approximate surface area is 304 Å². The molecule has 7 nitrogen and oxygen atoms in total. The Morgan fingerprint density at radius 2 is 1.49 bits per heavy atom. The number of nitrogens with one attached hydrogen (secondary N) is 3. The molecule has 23 heteroatoms. The molecule has 0 aromatic heterocycles. The lowest BCUT2D eigenvalue weighted by atomic mass is 10.1. The molecule has 2 aromatic carbocycles. The summed E-state index contributed by atoms with van der Waals surface area (Å²) in [4.78, 5) is 38.1. The maximum Gasteiger partial charge on any atom is 0.525 e. The largest absolute Gasteiger partial charge is 0.525 e. The molecule has 1 saturated carbocycles. The van der Waals surface area contributed by atoms with Crippen LogP contribution in [-0.2, 0) is 14.3 Å². The second kappa shape index (κ2) is 15.5. The fourth-order valence-corrected chi connectivity index (χ4v) is 5.90. The molecular weight excluding hydrogens is 820 g/mol. The average molecular weight is 841 g/mol. The van der Waals surface area contributed by atoms with Gasteiger partial charge in [-0.2, -0.15) is 26.3 Å². The van der Waals surface area contributed by atoms with Gasteiger partial charge in [-0.25, -0.2) is 22.3 Å². The van der Waals surface area contributed by atoms with Crippen LogP contribution < -0.4 is 16.0 Å². The Bertz CT molecular complexity index is 1840. The Morgan fingerprint density at radius 3 is 2.02 bits per heavy atom. The smallest absolute Gasteiger partial charge is 0.326 e. The molecule has 3 atom stereocenters. The molecule has 1 aliphatic carbocycles. The Kier molecular flexibility index (Phi) is 12.8. The quantitative estimate of drug-likeness (QED) is 0.119. The van der Waals surface area contributed by atoms with E-state index in [-0.39, 0.29) is 16.3 Å². The monoisotopic (exact) mass is 839 g/mol. The molecule has 1 fully saturated rings. The van der Waals surface area contributed by atoms with E-state index in [9.17, 15) is 67.1 Å². The van der Waals surface area contributed by atoms with Gasteiger partial charge in [-0.05, 0) is 50.3 Å². The van der Waals surface area contributed by atoms with Gasteiger partial charge in [0, 0.05) is 24.4 Å². The van der Waals surface area contributed by atoms with Gasteiger partial charge in [-0.1, -0.05) is 17.2 Å². The van der Waals surface area contributed by atoms with Crippen molar-refractivity contribution in [1.29, 1.82) is 0 Å². The number of alkyl halides is 12. The number of hydrogen-bond acceptors (Lipinski definition) is 4. The van der Waals surface area contributed by atoms with Crippen molar-refractivity contribution in [3.05, 3.63) is 75.6 Å². The van der Waals surface area contributed by atoms with Crippen LogP contribution >= 0.6 is 34.8 Å². The van der Waals surface area contributed by atoms with E-state index in [1.807, 2.05) is 5.32 Å². The van der Waals surface area contributed by atoms with Gasteiger partial charge in [0.15, 0.2) is 5.82 Å². The lowest BCUT2D eigenvalue weighted by molar-refractivity contribution is -0.448. The maximum atomic E-state index is 15.2. The number of carbonyl (C=O) groups is 3. The van der Waals surface area contributed by atoms with Crippen LogP contribution in [0.3, 0.4) is 0 Å². The predicted octanol–water partition coefficient (Wildman–Crippen LogP) is 10.5. The summed E-state index contributed by atoms with van der Waals surface area (Å²) in [5, 5.41) is 5.35. The summed E-state index contributed by atoms with van der Waals surface area (Å²) in [5.74, 6) is -16.9. The Hall–Kier alpha value is -3.75. The zero-order valence-corrected chi connectivity index (χ0v) is 28.5. The zero-order chi connectivity index (χ0) is 40.6. The van der Waals surface area contributed by atoms with Crippen LogP contribution in [0.2, 0.25) is 5.02 Å². The number of amides is 3. The number of hydrogen-bond donors (Lipinski definition) is 3. The van der Waals surface area contributed by atoms with Crippen LogP contribution in [0.4, 0.5) is 74.1 Å². The second-order valence-corrected chi connectivity index (χ2v) is 13.1. The molecule has 3 N–H and O–H groups in total. The molecule has 292 valence electrons. The summed E-state index contributed by atoms with van der Waals surface area (Å²) in [6.07, 6.45) is -21.1. The Balaban J connectivity index is 1.77. The van der Waals surface area contributed by atoms with Crippen molar-refractivity contribution in [2.75, 3.05) is 16.0 Å². The summed E-state index contributed by atoms with van der Waals surface area (Å²) < 4.78 is 173. The van der Waals surface area contributed by atoms with Gasteiger partial charge in [-0.15, -0.1) is 36.4 Å². The molecule has 53 heavy (non-hydrogen) atoms. The van der Waals surface area contributed by atoms with Crippen LogP contribution in [0.1, 0.15) is 37.0 Å². The molecule has 2 aromatic rings. The van der Waals surface area contributed by atoms with Gasteiger partial charge >= 0.3 is 24.6 Å². The van der Waals surface area contributed by atoms with E-state index in [4.69, 9.17) is 34.8 Å². The molecule has 0 bridgehead atoms. The van der Waals surface area contributed by atoms with Gasteiger partial charge < -0.3 is 16.0 Å². The van der Waals surface area contributed by atoms with Crippen molar-refractivity contribution < 1.29 is 76.2 Å². The minimum Gasteiger partial charge on any atom is -0.326 e. The third-order valence-corrected chi connectivity index (χ3v) is 8.60. The third kappa shape index (κ3) is 10.5. The predicted molar refractivity (Wildman–Crippen MR) is 164 cm³/mol. The van der Waals surface area contributed by atoms with E-state index >= 15 is 4.39 Å². The molecular formula is C30H21Cl3F13N3O4. The standard InChI is InChI=1S/C30H21Cl3F13N3O4/c1-11(9-15(12(2)34)28(38,39)40)20-21(27(20,32)33)25(52)47-13-3-4-16(31)14(10-13)24(51)48-18-6-5-17(35)23(22(18)36)49-19(50)7-8-26(37,29(41,42)43)53-30(44,45)46/h3-6,9-10,20-21H,7-8H2,1-2H3,(H,47,52)(H,48,51)(H,49,50)/b11-9+,15-12-/t20-,21+,26?/m0/s1. The van der Waals surface area contributed by atoms with E-state index in [0.29, 0.717) is 25.1 Å². The van der Waals surface area contributed by atoms with Gasteiger partial charge in [0.1, 0.15) is 21.7 Å². The van der Waals surface area contributed by atoms with E-state index in [1.165, 1.54) is 5.32 Å². The molecule has 0 saturated heterocycles. The molecule has 3 amide bonds. The number of allylic oxidation sites excluding steroid dienone is 4. The number of anilines is 3. The first-order valence-electron chi connectivity index (χ1n) is 14.2. The lowest BCUT2D eigenvalue weighted by Gasteiger charge is -2.28. The first kappa shape index (κ1) is 43.7. The molecule has 0 heterocycles. The zero-order valence-electron chi connectivity index (χ0n) is 26.2. The van der Waals surface area contributed by atoms with Crippen molar-refractivity contribution in [2.45, 2.75) is 55.6 Å². The van der Waals surface area contributed by atoms with Crippen molar-refractivity contribution in [3.63, 3.8) is 0 Å². The summed E-state index contributed by atoms with van der Waals surface area (Å²) in [7, 11) is 0. The minimum absolute atomic E-state index is 0.193. The number of rotatable bonds is 11. The fraction of sp³-hybridized carbons (Fsp3) is 0.367. The van der Waals surface area contributed by atoms with Crippen LogP contribution in [0, 0.1) is 23.5 Å². The van der Waals surface area contributed by atoms with Gasteiger partial charge in [0.05, 0.1) is 27.8 Å². The van der Waals surface area contributed by atoms with Crippen LogP contribution in [0.15, 0.2) is 53.4 Å². The SMILES string of the molecule is C/C(F)=C(\C=C(/C)[C@H]1[C@H](C(=O)Nc2ccc(Cl)c(C(=O)Nc3ccc(F)c(NC(=O)CCC(F)(OC(F)(F)F)C(F)(F)F)c3F)c2)C1(Cl)Cl)C(F)(F)F. The average Bonchev–Trinajstić information content (AvgIpc) is 3.58. The first-order valence-corrected chi connectivity index (χ1v) is 15.3. The van der Waals surface area contributed by atoms with Gasteiger partial charge in [0.25, 0.3) is 5.91 Å². The fourth-order valence-electron chi connectivity index (χ4n) is 4.77. The van der Waals surface area contributed by atoms with Crippen molar-refractivity contribution in [2.24, 2.45) is 11.8 Å². The highest BCUT2D eigenvalue weighted by Crippen LogP contribution is 2.63. The van der Waals surface area contributed by atoms with E-state index < -0.39 is 111 Å². The summed E-state index contributed by atoms with van der Waals surface area (Å²) in [5.41, 5.74) is -4.84. The highest BCUT2D eigenvalue weighted by molar-refractivity contribution is 6.53. The first-order chi connectivity index (χ1) is 24.0. The third-order valence-electron chi connectivity index (χ3n) is 7.33. The second-order valence-electron chi connectivity index (χ2n) is 11.2. The van der Waals surface area contributed by atoms with Gasteiger partial charge in [0.2, 0.25) is 11.8 Å². The highest BCUT2D eigenvalue weighted by atomic mass is 35.5. The molecule has 0 aliphatic heterocycles. The number of halogens is 16. The van der Waals surface area contributed by atoms with Crippen LogP contribution in [-0.4, -0.2) is 46.6 Å². The molecule has 0 spiro atoms. The summed E-state index contributed by atoms with van der Waals surface area (Å²) in [6.45, 7) is 1.71. The van der Waals surface area contributed by atoms with Gasteiger partial charge in [-0.3, -0.25) is 14.4 Å². The normalized spacial score (nSPS) is 19.2.